The van der Waals surface area contributed by atoms with Gasteiger partial charge in [0.05, 0.1) is 7.11 Å². The van der Waals surface area contributed by atoms with Crippen molar-refractivity contribution >= 4 is 5.82 Å². The standard InChI is InChI=1S/C15H19N3O/c1-11(2)14-8-15(18-10-17-14)16-9-12-4-6-13(19-3)7-5-12/h4-8,10-11H,9H2,1-3H3,(H,16,17,18). The molecule has 0 spiro atoms. The lowest BCUT2D eigenvalue weighted by Crippen LogP contribution is -2.03. The van der Waals surface area contributed by atoms with Gasteiger partial charge in [0.15, 0.2) is 0 Å². The van der Waals surface area contributed by atoms with Gasteiger partial charge < -0.3 is 10.1 Å². The third kappa shape index (κ3) is 3.68. The predicted octanol–water partition coefficient (Wildman–Crippen LogP) is 3.22. The first kappa shape index (κ1) is 13.3. The van der Waals surface area contributed by atoms with Crippen LogP contribution in [-0.2, 0) is 6.54 Å². The Balaban J connectivity index is 1.99. The summed E-state index contributed by atoms with van der Waals surface area (Å²) >= 11 is 0. The molecule has 1 aromatic heterocycles. The highest BCUT2D eigenvalue weighted by atomic mass is 16.5. The number of nitrogens with one attached hydrogen (secondary N) is 1. The summed E-state index contributed by atoms with van der Waals surface area (Å²) < 4.78 is 5.13. The molecule has 1 N–H and O–H groups in total. The molecule has 1 aromatic carbocycles. The van der Waals surface area contributed by atoms with Gasteiger partial charge in [0, 0.05) is 18.3 Å². The highest BCUT2D eigenvalue weighted by molar-refractivity contribution is 5.37. The van der Waals surface area contributed by atoms with Crippen LogP contribution in [0.2, 0.25) is 0 Å². The fourth-order valence-corrected chi connectivity index (χ4v) is 1.72. The molecule has 4 nitrogen and oxygen atoms in total. The minimum atomic E-state index is 0.407. The quantitative estimate of drug-likeness (QED) is 0.893. The monoisotopic (exact) mass is 257 g/mol. The van der Waals surface area contributed by atoms with Crippen LogP contribution in [0.3, 0.4) is 0 Å². The van der Waals surface area contributed by atoms with Gasteiger partial charge in [0.1, 0.15) is 17.9 Å². The fourth-order valence-electron chi connectivity index (χ4n) is 1.72. The number of hydrogen-bond donors (Lipinski definition) is 1. The Morgan fingerprint density at radius 1 is 1.16 bits per heavy atom. The molecule has 0 saturated carbocycles. The van der Waals surface area contributed by atoms with Gasteiger partial charge in [-0.15, -0.1) is 0 Å². The number of anilines is 1. The lowest BCUT2D eigenvalue weighted by Gasteiger charge is -2.09. The minimum Gasteiger partial charge on any atom is -0.497 e. The van der Waals surface area contributed by atoms with Crippen molar-refractivity contribution in [2.75, 3.05) is 12.4 Å². The minimum absolute atomic E-state index is 0.407. The van der Waals surface area contributed by atoms with Crippen LogP contribution in [0, 0.1) is 0 Å². The molecule has 0 unspecified atom stereocenters. The zero-order valence-corrected chi connectivity index (χ0v) is 11.6. The molecule has 0 aliphatic rings. The largest absolute Gasteiger partial charge is 0.497 e. The van der Waals surface area contributed by atoms with E-state index in [0.29, 0.717) is 5.92 Å². The number of methoxy groups -OCH3 is 1. The van der Waals surface area contributed by atoms with Gasteiger partial charge in [0.25, 0.3) is 0 Å². The average Bonchev–Trinajstić information content (AvgIpc) is 2.46. The number of nitrogens with zero attached hydrogens (tertiary/aromatic N) is 2. The first-order valence-corrected chi connectivity index (χ1v) is 6.38. The van der Waals surface area contributed by atoms with E-state index in [1.807, 2.05) is 30.3 Å². The van der Waals surface area contributed by atoms with Gasteiger partial charge in [0.2, 0.25) is 0 Å². The van der Waals surface area contributed by atoms with Crippen LogP contribution in [0.25, 0.3) is 0 Å². The van der Waals surface area contributed by atoms with E-state index >= 15 is 0 Å². The van der Waals surface area contributed by atoms with Crippen molar-refractivity contribution in [3.05, 3.63) is 47.9 Å². The summed E-state index contributed by atoms with van der Waals surface area (Å²) in [7, 11) is 1.67. The van der Waals surface area contributed by atoms with Gasteiger partial charge in [-0.2, -0.15) is 0 Å². The number of rotatable bonds is 5. The zero-order chi connectivity index (χ0) is 13.7. The topological polar surface area (TPSA) is 47.0 Å². The third-order valence-electron chi connectivity index (χ3n) is 2.91. The molecule has 0 radical (unpaired) electrons. The lowest BCUT2D eigenvalue weighted by atomic mass is 10.1. The molecule has 2 aromatic rings. The van der Waals surface area contributed by atoms with Crippen LogP contribution in [0.15, 0.2) is 36.7 Å². The maximum Gasteiger partial charge on any atom is 0.129 e. The van der Waals surface area contributed by atoms with E-state index in [0.717, 1.165) is 23.8 Å². The maximum absolute atomic E-state index is 5.13. The van der Waals surface area contributed by atoms with Crippen molar-refractivity contribution in [1.82, 2.24) is 9.97 Å². The normalized spacial score (nSPS) is 10.5. The first-order valence-electron chi connectivity index (χ1n) is 6.38. The summed E-state index contributed by atoms with van der Waals surface area (Å²) in [6, 6.07) is 9.98. The van der Waals surface area contributed by atoms with E-state index in [1.165, 1.54) is 5.56 Å². The van der Waals surface area contributed by atoms with Gasteiger partial charge in [-0.3, -0.25) is 0 Å². The Hall–Kier alpha value is -2.10. The Kier molecular flexibility index (Phi) is 4.34. The second kappa shape index (κ2) is 6.18. The number of ether oxygens (including phenoxy) is 1. The second-order valence-electron chi connectivity index (χ2n) is 4.68. The second-order valence-corrected chi connectivity index (χ2v) is 4.68. The van der Waals surface area contributed by atoms with Crippen LogP contribution in [0.5, 0.6) is 5.75 Å². The molecule has 4 heteroatoms. The molecule has 0 aliphatic carbocycles. The maximum atomic E-state index is 5.13. The van der Waals surface area contributed by atoms with E-state index in [9.17, 15) is 0 Å². The molecule has 100 valence electrons. The Labute approximate surface area is 113 Å². The van der Waals surface area contributed by atoms with Crippen LogP contribution in [0.4, 0.5) is 5.82 Å². The van der Waals surface area contributed by atoms with Crippen LogP contribution in [-0.4, -0.2) is 17.1 Å². The SMILES string of the molecule is COc1ccc(CNc2cc(C(C)C)ncn2)cc1. The van der Waals surface area contributed by atoms with Crippen LogP contribution >= 0.6 is 0 Å². The van der Waals surface area contributed by atoms with Crippen molar-refractivity contribution in [2.45, 2.75) is 26.3 Å². The van der Waals surface area contributed by atoms with Gasteiger partial charge >= 0.3 is 0 Å². The van der Waals surface area contributed by atoms with Crippen molar-refractivity contribution in [1.29, 1.82) is 0 Å². The summed E-state index contributed by atoms with van der Waals surface area (Å²) in [5.41, 5.74) is 2.23. The van der Waals surface area contributed by atoms with Crippen molar-refractivity contribution in [3.8, 4) is 5.75 Å². The first-order chi connectivity index (χ1) is 9.19. The number of aromatic nitrogens is 2. The molecule has 0 saturated heterocycles. The van der Waals surface area contributed by atoms with Gasteiger partial charge in [-0.25, -0.2) is 9.97 Å². The van der Waals surface area contributed by atoms with Crippen LogP contribution in [0.1, 0.15) is 31.0 Å². The smallest absolute Gasteiger partial charge is 0.129 e. The highest BCUT2D eigenvalue weighted by Crippen LogP contribution is 2.15. The molecule has 0 aliphatic heterocycles. The lowest BCUT2D eigenvalue weighted by molar-refractivity contribution is 0.414. The van der Waals surface area contributed by atoms with Gasteiger partial charge in [-0.05, 0) is 23.6 Å². The summed E-state index contributed by atoms with van der Waals surface area (Å²) in [5.74, 6) is 2.13. The summed E-state index contributed by atoms with van der Waals surface area (Å²) in [6.45, 7) is 4.98. The third-order valence-corrected chi connectivity index (χ3v) is 2.91. The molecule has 1 heterocycles. The molecule has 0 bridgehead atoms. The average molecular weight is 257 g/mol. The van der Waals surface area contributed by atoms with E-state index in [4.69, 9.17) is 4.74 Å². The van der Waals surface area contributed by atoms with Crippen LogP contribution < -0.4 is 10.1 Å². The van der Waals surface area contributed by atoms with Crippen molar-refractivity contribution in [2.24, 2.45) is 0 Å². The molecule has 0 atom stereocenters. The Morgan fingerprint density at radius 2 is 1.89 bits per heavy atom. The van der Waals surface area contributed by atoms with E-state index in [-0.39, 0.29) is 0 Å². The molecule has 19 heavy (non-hydrogen) atoms. The molecule has 2 rings (SSSR count). The summed E-state index contributed by atoms with van der Waals surface area (Å²) in [6.07, 6.45) is 1.60. The predicted molar refractivity (Wildman–Crippen MR) is 76.4 cm³/mol. The molecular formula is C15H19N3O. The Bertz CT molecular complexity index is 523. The van der Waals surface area contributed by atoms with E-state index < -0.39 is 0 Å². The van der Waals surface area contributed by atoms with E-state index in [1.54, 1.807) is 13.4 Å². The Morgan fingerprint density at radius 3 is 2.53 bits per heavy atom. The molecular weight excluding hydrogens is 238 g/mol. The van der Waals surface area contributed by atoms with Crippen molar-refractivity contribution in [3.63, 3.8) is 0 Å². The number of benzene rings is 1. The van der Waals surface area contributed by atoms with Crippen molar-refractivity contribution < 1.29 is 4.74 Å². The zero-order valence-electron chi connectivity index (χ0n) is 11.6. The summed E-state index contributed by atoms with van der Waals surface area (Å²) in [5, 5.41) is 3.30. The summed E-state index contributed by atoms with van der Waals surface area (Å²) in [4.78, 5) is 8.47. The molecule has 0 amide bonds. The van der Waals surface area contributed by atoms with Gasteiger partial charge in [-0.1, -0.05) is 26.0 Å². The fraction of sp³-hybridized carbons (Fsp3) is 0.333. The number of hydrogen-bond acceptors (Lipinski definition) is 4. The highest BCUT2D eigenvalue weighted by Gasteiger charge is 2.02. The molecule has 0 fully saturated rings. The van der Waals surface area contributed by atoms with E-state index in [2.05, 4.69) is 29.1 Å².